The van der Waals surface area contributed by atoms with Crippen LogP contribution < -0.4 is 5.32 Å². The molecule has 0 radical (unpaired) electrons. The molecular formula is C11H10BrN3OS. The van der Waals surface area contributed by atoms with Crippen LogP contribution in [-0.2, 0) is 0 Å². The number of nitriles is 1. The van der Waals surface area contributed by atoms with Crippen LogP contribution in [0, 0.1) is 11.3 Å². The Bertz CT molecular complexity index is 480. The summed E-state index contributed by atoms with van der Waals surface area (Å²) in [4.78, 5) is 16.0. The molecule has 0 aliphatic carbocycles. The Morgan fingerprint density at radius 3 is 3.12 bits per heavy atom. The average Bonchev–Trinajstić information content (AvgIpc) is 2.79. The molecule has 1 N–H and O–H groups in total. The first-order chi connectivity index (χ1) is 8.17. The van der Waals surface area contributed by atoms with Gasteiger partial charge in [-0.1, -0.05) is 0 Å². The van der Waals surface area contributed by atoms with E-state index in [0.717, 1.165) is 5.75 Å². The van der Waals surface area contributed by atoms with Crippen molar-refractivity contribution in [1.82, 2.24) is 10.3 Å². The number of carbonyl (C=O) groups is 1. The average molecular weight is 312 g/mol. The Labute approximate surface area is 112 Å². The molecule has 0 saturated carbocycles. The lowest BCUT2D eigenvalue weighted by Crippen LogP contribution is -2.47. The first-order valence-electron chi connectivity index (χ1n) is 5.09. The Hall–Kier alpha value is -1.06. The van der Waals surface area contributed by atoms with Crippen molar-refractivity contribution >= 4 is 33.6 Å². The van der Waals surface area contributed by atoms with Crippen LogP contribution in [0.3, 0.4) is 0 Å². The number of rotatable bonds is 2. The van der Waals surface area contributed by atoms with Gasteiger partial charge in [0.25, 0.3) is 5.91 Å². The molecule has 1 fully saturated rings. The highest BCUT2D eigenvalue weighted by Gasteiger charge is 2.36. The van der Waals surface area contributed by atoms with Crippen molar-refractivity contribution < 1.29 is 4.79 Å². The monoisotopic (exact) mass is 311 g/mol. The highest BCUT2D eigenvalue weighted by molar-refractivity contribution is 9.10. The van der Waals surface area contributed by atoms with Gasteiger partial charge in [-0.2, -0.15) is 17.0 Å². The van der Waals surface area contributed by atoms with Gasteiger partial charge in [-0.25, -0.2) is 4.98 Å². The molecular weight excluding hydrogens is 302 g/mol. The summed E-state index contributed by atoms with van der Waals surface area (Å²) in [5, 5.41) is 12.0. The van der Waals surface area contributed by atoms with Crippen molar-refractivity contribution in [3.63, 3.8) is 0 Å². The quantitative estimate of drug-likeness (QED) is 0.907. The van der Waals surface area contributed by atoms with Gasteiger partial charge in [-0.3, -0.25) is 4.79 Å². The van der Waals surface area contributed by atoms with E-state index in [1.54, 1.807) is 30.1 Å². The van der Waals surface area contributed by atoms with E-state index in [0.29, 0.717) is 22.3 Å². The number of hydrogen-bond donors (Lipinski definition) is 1. The summed E-state index contributed by atoms with van der Waals surface area (Å²) in [6, 6.07) is 5.70. The third kappa shape index (κ3) is 2.61. The molecule has 17 heavy (non-hydrogen) atoms. The number of pyridine rings is 1. The Kier molecular flexibility index (Phi) is 3.69. The van der Waals surface area contributed by atoms with Gasteiger partial charge < -0.3 is 5.32 Å². The van der Waals surface area contributed by atoms with E-state index in [1.807, 2.05) is 0 Å². The molecule has 0 spiro atoms. The lowest BCUT2D eigenvalue weighted by Gasteiger charge is -2.21. The van der Waals surface area contributed by atoms with Gasteiger partial charge in [0.1, 0.15) is 11.2 Å². The van der Waals surface area contributed by atoms with Crippen molar-refractivity contribution in [2.45, 2.75) is 12.0 Å². The number of hydrogen-bond acceptors (Lipinski definition) is 4. The Morgan fingerprint density at radius 2 is 2.53 bits per heavy atom. The predicted octanol–water partition coefficient (Wildman–Crippen LogP) is 1.97. The van der Waals surface area contributed by atoms with Crippen LogP contribution in [0.1, 0.15) is 16.9 Å². The van der Waals surface area contributed by atoms with Crippen LogP contribution in [0.25, 0.3) is 0 Å². The number of aromatic nitrogens is 1. The molecule has 2 heterocycles. The topological polar surface area (TPSA) is 65.8 Å². The zero-order valence-corrected chi connectivity index (χ0v) is 11.3. The maximum atomic E-state index is 12.0. The summed E-state index contributed by atoms with van der Waals surface area (Å²) >= 11 is 4.95. The summed E-state index contributed by atoms with van der Waals surface area (Å²) in [6.45, 7) is 0. The molecule has 1 aromatic rings. The van der Waals surface area contributed by atoms with Crippen molar-refractivity contribution in [3.8, 4) is 6.07 Å². The minimum Gasteiger partial charge on any atom is -0.332 e. The van der Waals surface area contributed by atoms with E-state index in [1.165, 1.54) is 0 Å². The lowest BCUT2D eigenvalue weighted by molar-refractivity contribution is 0.0920. The fraction of sp³-hybridized carbons (Fsp3) is 0.364. The van der Waals surface area contributed by atoms with Gasteiger partial charge in [0.05, 0.1) is 6.07 Å². The summed E-state index contributed by atoms with van der Waals surface area (Å²) in [5.74, 6) is 1.23. The maximum Gasteiger partial charge on any atom is 0.272 e. The number of nitrogens with zero attached hydrogens (tertiary/aromatic N) is 2. The maximum absolute atomic E-state index is 12.0. The molecule has 1 saturated heterocycles. The molecule has 88 valence electrons. The van der Waals surface area contributed by atoms with Crippen LogP contribution in [-0.4, -0.2) is 27.9 Å². The SMILES string of the molecule is N#CC1(NC(=O)c2ncccc2Br)CCSC1. The van der Waals surface area contributed by atoms with E-state index in [-0.39, 0.29) is 5.91 Å². The van der Waals surface area contributed by atoms with Crippen LogP contribution in [0.5, 0.6) is 0 Å². The third-order valence-electron chi connectivity index (χ3n) is 2.56. The third-order valence-corrected chi connectivity index (χ3v) is 4.39. The van der Waals surface area contributed by atoms with Crippen LogP contribution in [0.4, 0.5) is 0 Å². The normalized spacial score (nSPS) is 23.1. The number of thioether (sulfide) groups is 1. The molecule has 1 aliphatic rings. The molecule has 1 aromatic heterocycles. The zero-order chi connectivity index (χ0) is 12.3. The second-order valence-electron chi connectivity index (χ2n) is 3.78. The van der Waals surface area contributed by atoms with Crippen LogP contribution in [0.2, 0.25) is 0 Å². The Balaban J connectivity index is 2.17. The second-order valence-corrected chi connectivity index (χ2v) is 5.74. The minimum atomic E-state index is -0.737. The smallest absolute Gasteiger partial charge is 0.272 e. The second kappa shape index (κ2) is 5.07. The summed E-state index contributed by atoms with van der Waals surface area (Å²) in [6.07, 6.45) is 2.24. The van der Waals surface area contributed by atoms with Crippen molar-refractivity contribution in [2.75, 3.05) is 11.5 Å². The van der Waals surface area contributed by atoms with Crippen LogP contribution in [0.15, 0.2) is 22.8 Å². The fourth-order valence-electron chi connectivity index (χ4n) is 1.61. The van der Waals surface area contributed by atoms with Crippen molar-refractivity contribution in [2.24, 2.45) is 0 Å². The molecule has 1 amide bonds. The number of halogens is 1. The van der Waals surface area contributed by atoms with Crippen molar-refractivity contribution in [1.29, 1.82) is 5.26 Å². The van der Waals surface area contributed by atoms with Gasteiger partial charge in [-0.15, -0.1) is 0 Å². The number of carbonyl (C=O) groups excluding carboxylic acids is 1. The molecule has 6 heteroatoms. The van der Waals surface area contributed by atoms with E-state index < -0.39 is 5.54 Å². The van der Waals surface area contributed by atoms with Gasteiger partial charge in [0, 0.05) is 16.4 Å². The molecule has 4 nitrogen and oxygen atoms in total. The molecule has 0 aromatic carbocycles. The minimum absolute atomic E-state index is 0.304. The molecule has 2 rings (SSSR count). The van der Waals surface area contributed by atoms with E-state index in [4.69, 9.17) is 0 Å². The standard InChI is InChI=1S/C11H10BrN3OS/c12-8-2-1-4-14-9(8)10(16)15-11(6-13)3-5-17-7-11/h1-2,4H,3,5,7H2,(H,15,16). The summed E-state index contributed by atoms with van der Waals surface area (Å²) in [5.41, 5.74) is -0.419. The predicted molar refractivity (Wildman–Crippen MR) is 69.7 cm³/mol. The largest absolute Gasteiger partial charge is 0.332 e. The number of amides is 1. The highest BCUT2D eigenvalue weighted by Crippen LogP contribution is 2.28. The Morgan fingerprint density at radius 1 is 1.71 bits per heavy atom. The first kappa shape index (κ1) is 12.4. The molecule has 1 aliphatic heterocycles. The lowest BCUT2D eigenvalue weighted by atomic mass is 10.0. The highest BCUT2D eigenvalue weighted by atomic mass is 79.9. The number of nitrogens with one attached hydrogen (secondary N) is 1. The molecule has 1 unspecified atom stereocenters. The van der Waals surface area contributed by atoms with Crippen molar-refractivity contribution in [3.05, 3.63) is 28.5 Å². The fourth-order valence-corrected chi connectivity index (χ4v) is 3.31. The van der Waals surface area contributed by atoms with E-state index in [9.17, 15) is 10.1 Å². The summed E-state index contributed by atoms with van der Waals surface area (Å²) in [7, 11) is 0. The van der Waals surface area contributed by atoms with Gasteiger partial charge >= 0.3 is 0 Å². The first-order valence-corrected chi connectivity index (χ1v) is 7.04. The summed E-state index contributed by atoms with van der Waals surface area (Å²) < 4.78 is 0.635. The van der Waals surface area contributed by atoms with E-state index in [2.05, 4.69) is 32.3 Å². The van der Waals surface area contributed by atoms with Gasteiger partial charge in [-0.05, 0) is 40.2 Å². The van der Waals surface area contributed by atoms with E-state index >= 15 is 0 Å². The molecule has 1 atom stereocenters. The van der Waals surface area contributed by atoms with Crippen LogP contribution >= 0.6 is 27.7 Å². The van der Waals surface area contributed by atoms with Gasteiger partial charge in [0.2, 0.25) is 0 Å². The zero-order valence-electron chi connectivity index (χ0n) is 8.94. The molecule has 0 bridgehead atoms. The van der Waals surface area contributed by atoms with Gasteiger partial charge in [0.15, 0.2) is 0 Å².